The zero-order chi connectivity index (χ0) is 23.3. The molecule has 1 aromatic carbocycles. The zero-order valence-corrected chi connectivity index (χ0v) is 20.4. The average Bonchev–Trinajstić information content (AvgIpc) is 3.26. The minimum Gasteiger partial charge on any atom is -0.459 e. The number of ether oxygens (including phenoxy) is 1. The Morgan fingerprint density at radius 1 is 1.22 bits per heavy atom. The smallest absolute Gasteiger partial charge is 0.338 e. The van der Waals surface area contributed by atoms with Crippen LogP contribution in [0.25, 0.3) is 0 Å². The van der Waals surface area contributed by atoms with E-state index in [-0.39, 0.29) is 18.0 Å². The summed E-state index contributed by atoms with van der Waals surface area (Å²) in [4.78, 5) is 27.2. The standard InChI is InChI=1S/C25H35N3O3S/c1-5-28-17(4)22(24(30)31-16(2)3)23(27-25(28)32)19-11-13-20(14-12-19)26-21(29)15-10-18-8-6-7-9-18/h11-14,16,18,23H,5-10,15H2,1-4H3,(H,26,29)(H,27,32). The third kappa shape index (κ3) is 5.88. The molecule has 1 heterocycles. The van der Waals surface area contributed by atoms with Crippen molar-refractivity contribution in [3.8, 4) is 0 Å². The van der Waals surface area contributed by atoms with E-state index in [1.165, 1.54) is 25.7 Å². The van der Waals surface area contributed by atoms with Crippen LogP contribution in [0.4, 0.5) is 5.69 Å². The highest BCUT2D eigenvalue weighted by Gasteiger charge is 2.34. The molecule has 1 aliphatic heterocycles. The second kappa shape index (κ2) is 10.9. The third-order valence-corrected chi connectivity index (χ3v) is 6.60. The number of amides is 1. The van der Waals surface area contributed by atoms with Crippen LogP contribution in [0, 0.1) is 5.92 Å². The molecule has 7 heteroatoms. The molecule has 32 heavy (non-hydrogen) atoms. The lowest BCUT2D eigenvalue weighted by molar-refractivity contribution is -0.143. The van der Waals surface area contributed by atoms with Crippen molar-refractivity contribution in [2.45, 2.75) is 78.4 Å². The number of rotatable bonds is 8. The van der Waals surface area contributed by atoms with Crippen molar-refractivity contribution >= 4 is 34.9 Å². The molecule has 0 radical (unpaired) electrons. The van der Waals surface area contributed by atoms with Gasteiger partial charge in [0.05, 0.1) is 17.7 Å². The molecule has 0 aromatic heterocycles. The van der Waals surface area contributed by atoms with Gasteiger partial charge in [0.25, 0.3) is 0 Å². The van der Waals surface area contributed by atoms with Crippen LogP contribution in [0.1, 0.15) is 77.8 Å². The van der Waals surface area contributed by atoms with Gasteiger partial charge in [-0.15, -0.1) is 0 Å². The van der Waals surface area contributed by atoms with E-state index in [1.807, 2.05) is 56.9 Å². The number of hydrogen-bond acceptors (Lipinski definition) is 4. The monoisotopic (exact) mass is 457 g/mol. The van der Waals surface area contributed by atoms with Crippen molar-refractivity contribution in [3.05, 3.63) is 41.1 Å². The number of thiocarbonyl (C=S) groups is 1. The van der Waals surface area contributed by atoms with E-state index in [0.29, 0.717) is 29.6 Å². The summed E-state index contributed by atoms with van der Waals surface area (Å²) in [6, 6.07) is 7.19. The van der Waals surface area contributed by atoms with Gasteiger partial charge in [-0.05, 0) is 69.9 Å². The lowest BCUT2D eigenvalue weighted by atomic mass is 9.94. The molecule has 1 atom stereocenters. The fourth-order valence-electron chi connectivity index (χ4n) is 4.57. The summed E-state index contributed by atoms with van der Waals surface area (Å²) >= 11 is 5.54. The van der Waals surface area contributed by atoms with Gasteiger partial charge in [0.2, 0.25) is 5.91 Å². The fourth-order valence-corrected chi connectivity index (χ4v) is 4.95. The first-order chi connectivity index (χ1) is 15.3. The Hall–Kier alpha value is -2.41. The lowest BCUT2D eigenvalue weighted by Crippen LogP contribution is -2.47. The Morgan fingerprint density at radius 2 is 1.88 bits per heavy atom. The van der Waals surface area contributed by atoms with Crippen molar-refractivity contribution in [3.63, 3.8) is 0 Å². The van der Waals surface area contributed by atoms with Crippen LogP contribution in [-0.4, -0.2) is 34.5 Å². The first kappa shape index (κ1) is 24.2. The van der Waals surface area contributed by atoms with Gasteiger partial charge in [-0.2, -0.15) is 0 Å². The Kier molecular flexibility index (Phi) is 8.29. The van der Waals surface area contributed by atoms with Crippen LogP contribution in [-0.2, 0) is 14.3 Å². The second-order valence-electron chi connectivity index (χ2n) is 8.94. The van der Waals surface area contributed by atoms with Crippen molar-refractivity contribution in [2.24, 2.45) is 5.92 Å². The van der Waals surface area contributed by atoms with Crippen molar-refractivity contribution in [2.75, 3.05) is 11.9 Å². The van der Waals surface area contributed by atoms with Gasteiger partial charge in [0.1, 0.15) is 0 Å². The SMILES string of the molecule is CCN1C(=S)NC(c2ccc(NC(=O)CCC3CCCC3)cc2)C(C(=O)OC(C)C)=C1C. The van der Waals surface area contributed by atoms with E-state index in [4.69, 9.17) is 17.0 Å². The Bertz CT molecular complexity index is 873. The van der Waals surface area contributed by atoms with Gasteiger partial charge in [0.15, 0.2) is 5.11 Å². The number of allylic oxidation sites excluding steroid dienone is 1. The highest BCUT2D eigenvalue weighted by atomic mass is 32.1. The molecule has 3 rings (SSSR count). The highest BCUT2D eigenvalue weighted by Crippen LogP contribution is 2.32. The number of nitrogens with one attached hydrogen (secondary N) is 2. The van der Waals surface area contributed by atoms with E-state index >= 15 is 0 Å². The molecule has 0 spiro atoms. The Labute approximate surface area is 196 Å². The zero-order valence-electron chi connectivity index (χ0n) is 19.6. The molecule has 1 saturated carbocycles. The van der Waals surface area contributed by atoms with Gasteiger partial charge < -0.3 is 20.3 Å². The topological polar surface area (TPSA) is 70.7 Å². The summed E-state index contributed by atoms with van der Waals surface area (Å²) in [7, 11) is 0. The van der Waals surface area contributed by atoms with Gasteiger partial charge in [-0.1, -0.05) is 37.8 Å². The lowest BCUT2D eigenvalue weighted by Gasteiger charge is -2.37. The van der Waals surface area contributed by atoms with Crippen LogP contribution in [0.5, 0.6) is 0 Å². The maximum absolute atomic E-state index is 12.9. The number of benzene rings is 1. The highest BCUT2D eigenvalue weighted by molar-refractivity contribution is 7.80. The van der Waals surface area contributed by atoms with Crippen LogP contribution < -0.4 is 10.6 Å². The second-order valence-corrected chi connectivity index (χ2v) is 9.33. The molecule has 2 aliphatic rings. The minimum absolute atomic E-state index is 0.0529. The fraction of sp³-hybridized carbons (Fsp3) is 0.560. The summed E-state index contributed by atoms with van der Waals surface area (Å²) in [5, 5.41) is 6.87. The predicted molar refractivity (Wildman–Crippen MR) is 131 cm³/mol. The van der Waals surface area contributed by atoms with Crippen molar-refractivity contribution in [1.29, 1.82) is 0 Å². The molecule has 1 amide bonds. The van der Waals surface area contributed by atoms with E-state index in [2.05, 4.69) is 10.6 Å². The predicted octanol–water partition coefficient (Wildman–Crippen LogP) is 5.07. The third-order valence-electron chi connectivity index (χ3n) is 6.26. The number of carbonyl (C=O) groups is 2. The van der Waals surface area contributed by atoms with Gasteiger partial charge >= 0.3 is 5.97 Å². The van der Waals surface area contributed by atoms with E-state index in [0.717, 1.165) is 23.4 Å². The molecular weight excluding hydrogens is 422 g/mol. The molecule has 1 fully saturated rings. The maximum atomic E-state index is 12.9. The number of nitrogens with zero attached hydrogens (tertiary/aromatic N) is 1. The van der Waals surface area contributed by atoms with E-state index in [1.54, 1.807) is 0 Å². The maximum Gasteiger partial charge on any atom is 0.338 e. The molecule has 6 nitrogen and oxygen atoms in total. The Morgan fingerprint density at radius 3 is 2.47 bits per heavy atom. The summed E-state index contributed by atoms with van der Waals surface area (Å²) in [6.45, 7) is 8.23. The molecule has 1 aliphatic carbocycles. The first-order valence-electron chi connectivity index (χ1n) is 11.7. The van der Waals surface area contributed by atoms with E-state index < -0.39 is 6.04 Å². The average molecular weight is 458 g/mol. The number of hydrogen-bond donors (Lipinski definition) is 2. The summed E-state index contributed by atoms with van der Waals surface area (Å²) in [5.74, 6) is 0.406. The van der Waals surface area contributed by atoms with Crippen LogP contribution in [0.3, 0.4) is 0 Å². The normalized spacial score (nSPS) is 19.3. The molecule has 0 saturated heterocycles. The van der Waals surface area contributed by atoms with E-state index in [9.17, 15) is 9.59 Å². The van der Waals surface area contributed by atoms with Crippen LogP contribution in [0.2, 0.25) is 0 Å². The molecule has 0 bridgehead atoms. The Balaban J connectivity index is 1.73. The van der Waals surface area contributed by atoms with Crippen LogP contribution >= 0.6 is 12.2 Å². The molecular formula is C25H35N3O3S. The number of anilines is 1. The van der Waals surface area contributed by atoms with Crippen molar-refractivity contribution < 1.29 is 14.3 Å². The summed E-state index contributed by atoms with van der Waals surface area (Å²) in [5.41, 5.74) is 3.01. The molecule has 174 valence electrons. The molecule has 2 N–H and O–H groups in total. The first-order valence-corrected chi connectivity index (χ1v) is 12.1. The largest absolute Gasteiger partial charge is 0.459 e. The minimum atomic E-state index is -0.399. The van der Waals surface area contributed by atoms with Gasteiger partial charge in [0, 0.05) is 24.4 Å². The molecule has 1 unspecified atom stereocenters. The number of esters is 1. The summed E-state index contributed by atoms with van der Waals surface area (Å²) in [6.07, 6.45) is 6.41. The van der Waals surface area contributed by atoms with Crippen LogP contribution in [0.15, 0.2) is 35.5 Å². The van der Waals surface area contributed by atoms with Gasteiger partial charge in [-0.25, -0.2) is 4.79 Å². The number of carbonyl (C=O) groups excluding carboxylic acids is 2. The van der Waals surface area contributed by atoms with Gasteiger partial charge in [-0.3, -0.25) is 4.79 Å². The summed E-state index contributed by atoms with van der Waals surface area (Å²) < 4.78 is 5.52. The quantitative estimate of drug-likeness (QED) is 0.419. The van der Waals surface area contributed by atoms with Crippen molar-refractivity contribution in [1.82, 2.24) is 10.2 Å². The molecule has 1 aromatic rings.